The molecule has 6 nitrogen and oxygen atoms in total. The van der Waals surface area contributed by atoms with Gasteiger partial charge in [0.05, 0.1) is 0 Å². The van der Waals surface area contributed by atoms with Crippen molar-refractivity contribution in [2.24, 2.45) is 0 Å². The number of carbonyl (C=O) groups excluding carboxylic acids is 3. The van der Waals surface area contributed by atoms with Gasteiger partial charge in [0.1, 0.15) is 12.1 Å². The van der Waals surface area contributed by atoms with Crippen LogP contribution in [0.4, 0.5) is 4.79 Å². The number of imide groups is 1. The summed E-state index contributed by atoms with van der Waals surface area (Å²) in [5, 5.41) is 7.11. The van der Waals surface area contributed by atoms with Gasteiger partial charge >= 0.3 is 6.03 Å². The number of hydrogen-bond acceptors (Lipinski definition) is 4. The van der Waals surface area contributed by atoms with Crippen LogP contribution in [0.2, 0.25) is 5.02 Å². The van der Waals surface area contributed by atoms with Gasteiger partial charge in [0.2, 0.25) is 5.91 Å². The molecule has 3 rings (SSSR count). The molecule has 136 valence electrons. The monoisotopic (exact) mass is 391 g/mol. The summed E-state index contributed by atoms with van der Waals surface area (Å²) >= 11 is 7.44. The molecule has 0 bridgehead atoms. The third kappa shape index (κ3) is 3.45. The summed E-state index contributed by atoms with van der Waals surface area (Å²) in [5.74, 6) is -0.762. The van der Waals surface area contributed by atoms with Crippen molar-refractivity contribution in [2.75, 3.05) is 13.6 Å². The van der Waals surface area contributed by atoms with Gasteiger partial charge in [-0.05, 0) is 47.0 Å². The fourth-order valence-electron chi connectivity index (χ4n) is 2.82. The van der Waals surface area contributed by atoms with Crippen LogP contribution in [0, 0.1) is 0 Å². The molecule has 2 heterocycles. The fourth-order valence-corrected chi connectivity index (χ4v) is 3.61. The second-order valence-corrected chi connectivity index (χ2v) is 7.55. The Labute approximate surface area is 160 Å². The molecule has 2 aromatic rings. The highest BCUT2D eigenvalue weighted by atomic mass is 35.5. The number of benzene rings is 1. The minimum atomic E-state index is -1.21. The van der Waals surface area contributed by atoms with Gasteiger partial charge < -0.3 is 10.2 Å². The molecule has 1 aromatic heterocycles. The highest BCUT2D eigenvalue weighted by Crippen LogP contribution is 2.29. The maximum absolute atomic E-state index is 12.8. The van der Waals surface area contributed by atoms with Gasteiger partial charge in [-0.25, -0.2) is 4.79 Å². The molecule has 1 N–H and O–H groups in total. The lowest BCUT2D eigenvalue weighted by atomic mass is 9.92. The Morgan fingerprint density at radius 1 is 1.27 bits per heavy atom. The number of carbonyl (C=O) groups is 3. The minimum Gasteiger partial charge on any atom is -0.340 e. The Morgan fingerprint density at radius 3 is 2.58 bits per heavy atom. The van der Waals surface area contributed by atoms with Crippen LogP contribution in [0.1, 0.15) is 18.1 Å². The maximum Gasteiger partial charge on any atom is 0.325 e. The largest absolute Gasteiger partial charge is 0.340 e. The molecule has 1 fully saturated rings. The molecule has 0 saturated carbocycles. The Balaban J connectivity index is 1.72. The minimum absolute atomic E-state index is 0.297. The molecule has 0 aliphatic carbocycles. The number of amides is 4. The van der Waals surface area contributed by atoms with Gasteiger partial charge in [0.15, 0.2) is 0 Å². The van der Waals surface area contributed by atoms with Crippen molar-refractivity contribution in [3.8, 4) is 0 Å². The van der Waals surface area contributed by atoms with E-state index in [0.717, 1.165) is 10.5 Å². The molecule has 8 heteroatoms. The standard InChI is InChI=1S/C18H18ClN3O3S/c1-18(13-3-5-14(19)6-4-13)16(24)22(17(25)20-18)10-15(23)21(2)9-12-7-8-26-11-12/h3-8,11H,9-10H2,1-2H3,(H,20,25). The Hall–Kier alpha value is -2.38. The van der Waals surface area contributed by atoms with E-state index in [1.807, 2.05) is 16.8 Å². The first-order valence-corrected chi connectivity index (χ1v) is 9.28. The smallest absolute Gasteiger partial charge is 0.325 e. The topological polar surface area (TPSA) is 69.7 Å². The lowest BCUT2D eigenvalue weighted by Gasteiger charge is -2.23. The SMILES string of the molecule is CN(Cc1ccsc1)C(=O)CN1C(=O)NC(C)(c2ccc(Cl)cc2)C1=O. The normalized spacial score (nSPS) is 19.6. The lowest BCUT2D eigenvalue weighted by molar-refractivity contribution is -0.138. The van der Waals surface area contributed by atoms with Crippen LogP contribution in [-0.2, 0) is 21.7 Å². The first kappa shape index (κ1) is 18.4. The van der Waals surface area contributed by atoms with E-state index in [4.69, 9.17) is 11.6 Å². The summed E-state index contributed by atoms with van der Waals surface area (Å²) in [6.45, 7) is 1.75. The third-order valence-corrected chi connectivity index (χ3v) is 5.40. The summed E-state index contributed by atoms with van der Waals surface area (Å²) in [6, 6.07) is 8.04. The molecule has 1 aromatic carbocycles. The first-order valence-electron chi connectivity index (χ1n) is 7.96. The average Bonchev–Trinajstić information content (AvgIpc) is 3.18. The van der Waals surface area contributed by atoms with Crippen LogP contribution < -0.4 is 5.32 Å². The number of hydrogen-bond donors (Lipinski definition) is 1. The van der Waals surface area contributed by atoms with E-state index in [-0.39, 0.29) is 12.5 Å². The van der Waals surface area contributed by atoms with Gasteiger partial charge in [-0.3, -0.25) is 14.5 Å². The summed E-state index contributed by atoms with van der Waals surface area (Å²) < 4.78 is 0. The molecular weight excluding hydrogens is 374 g/mol. The molecule has 1 atom stereocenters. The summed E-state index contributed by atoms with van der Waals surface area (Å²) in [5.41, 5.74) is 0.407. The Bertz CT molecular complexity index is 838. The Morgan fingerprint density at radius 2 is 1.96 bits per heavy atom. The number of thiophene rings is 1. The van der Waals surface area contributed by atoms with Crippen molar-refractivity contribution in [1.82, 2.24) is 15.1 Å². The van der Waals surface area contributed by atoms with Crippen molar-refractivity contribution in [3.63, 3.8) is 0 Å². The number of halogens is 1. The second-order valence-electron chi connectivity index (χ2n) is 6.33. The van der Waals surface area contributed by atoms with Crippen LogP contribution in [0.25, 0.3) is 0 Å². The first-order chi connectivity index (χ1) is 12.3. The molecule has 0 radical (unpaired) electrons. The van der Waals surface area contributed by atoms with Crippen LogP contribution in [-0.4, -0.2) is 41.2 Å². The highest BCUT2D eigenvalue weighted by molar-refractivity contribution is 7.07. The molecule has 1 saturated heterocycles. The molecule has 4 amide bonds. The molecule has 0 spiro atoms. The summed E-state index contributed by atoms with van der Waals surface area (Å²) in [6.07, 6.45) is 0. The zero-order valence-corrected chi connectivity index (χ0v) is 15.9. The summed E-state index contributed by atoms with van der Waals surface area (Å²) in [7, 11) is 1.65. The number of likely N-dealkylation sites (N-methyl/N-ethyl adjacent to an activating group) is 1. The zero-order valence-electron chi connectivity index (χ0n) is 14.4. The van der Waals surface area contributed by atoms with Gasteiger partial charge in [-0.1, -0.05) is 23.7 Å². The maximum atomic E-state index is 12.8. The molecule has 1 aliphatic rings. The van der Waals surface area contributed by atoms with Crippen LogP contribution in [0.5, 0.6) is 0 Å². The van der Waals surface area contributed by atoms with Crippen molar-refractivity contribution in [2.45, 2.75) is 19.0 Å². The summed E-state index contributed by atoms with van der Waals surface area (Å²) in [4.78, 5) is 40.1. The van der Waals surface area contributed by atoms with E-state index in [1.54, 1.807) is 49.6 Å². The predicted molar refractivity (Wildman–Crippen MR) is 99.8 cm³/mol. The van der Waals surface area contributed by atoms with Gasteiger partial charge in [0.25, 0.3) is 5.91 Å². The van der Waals surface area contributed by atoms with E-state index in [1.165, 1.54) is 4.90 Å². The van der Waals surface area contributed by atoms with Gasteiger partial charge in [0, 0.05) is 18.6 Å². The van der Waals surface area contributed by atoms with Crippen LogP contribution >= 0.6 is 22.9 Å². The van der Waals surface area contributed by atoms with E-state index in [2.05, 4.69) is 5.32 Å². The van der Waals surface area contributed by atoms with Crippen molar-refractivity contribution < 1.29 is 14.4 Å². The van der Waals surface area contributed by atoms with E-state index >= 15 is 0 Å². The molecule has 1 aliphatic heterocycles. The van der Waals surface area contributed by atoms with Crippen molar-refractivity contribution in [1.29, 1.82) is 0 Å². The zero-order chi connectivity index (χ0) is 18.9. The number of nitrogens with zero attached hydrogens (tertiary/aromatic N) is 2. The number of nitrogens with one attached hydrogen (secondary N) is 1. The fraction of sp³-hybridized carbons (Fsp3) is 0.278. The number of urea groups is 1. The van der Waals surface area contributed by atoms with E-state index < -0.39 is 17.5 Å². The van der Waals surface area contributed by atoms with Crippen molar-refractivity contribution in [3.05, 3.63) is 57.2 Å². The molecule has 26 heavy (non-hydrogen) atoms. The predicted octanol–water partition coefficient (Wildman–Crippen LogP) is 2.83. The van der Waals surface area contributed by atoms with E-state index in [0.29, 0.717) is 17.1 Å². The van der Waals surface area contributed by atoms with Gasteiger partial charge in [-0.2, -0.15) is 11.3 Å². The highest BCUT2D eigenvalue weighted by Gasteiger charge is 2.49. The van der Waals surface area contributed by atoms with E-state index in [9.17, 15) is 14.4 Å². The van der Waals surface area contributed by atoms with Crippen LogP contribution in [0.3, 0.4) is 0 Å². The molecular formula is C18H18ClN3O3S. The second kappa shape index (κ2) is 7.09. The average molecular weight is 392 g/mol. The third-order valence-electron chi connectivity index (χ3n) is 4.42. The Kier molecular flexibility index (Phi) is 5.02. The quantitative estimate of drug-likeness (QED) is 0.797. The van der Waals surface area contributed by atoms with Crippen molar-refractivity contribution >= 4 is 40.8 Å². The number of rotatable bonds is 5. The van der Waals surface area contributed by atoms with Crippen LogP contribution in [0.15, 0.2) is 41.1 Å². The lowest BCUT2D eigenvalue weighted by Crippen LogP contribution is -2.43. The van der Waals surface area contributed by atoms with Gasteiger partial charge in [-0.15, -0.1) is 0 Å². The molecule has 1 unspecified atom stereocenters.